The first kappa shape index (κ1) is 14.3. The molecule has 1 aliphatic rings. The highest BCUT2D eigenvalue weighted by Crippen LogP contribution is 2.20. The number of hydrogen-bond acceptors (Lipinski definition) is 4. The lowest BCUT2D eigenvalue weighted by molar-refractivity contribution is -0.132. The van der Waals surface area contributed by atoms with Crippen LogP contribution in [0, 0.1) is 0 Å². The molecule has 6 heteroatoms. The molecule has 0 saturated carbocycles. The second-order valence-corrected chi connectivity index (χ2v) is 6.11. The van der Waals surface area contributed by atoms with E-state index >= 15 is 0 Å². The number of aliphatic hydroxyl groups is 1. The van der Waals surface area contributed by atoms with Crippen molar-refractivity contribution in [2.75, 3.05) is 6.54 Å². The first-order chi connectivity index (χ1) is 10.2. The molecule has 1 unspecified atom stereocenters. The molecule has 0 aliphatic carbocycles. The Morgan fingerprint density at radius 2 is 2.38 bits per heavy atom. The van der Waals surface area contributed by atoms with Crippen LogP contribution >= 0.6 is 11.3 Å². The minimum absolute atomic E-state index is 0.151. The standard InChI is InChI=1S/C15H19N3O2S/c1-2-14(19)13-8-12-9-17(4-5-18(12)16-13)15(20)7-11-3-6-21-10-11/h3,6,8,10,14,19H,2,4-5,7,9H2,1H3. The lowest BCUT2D eigenvalue weighted by Gasteiger charge is -2.27. The van der Waals surface area contributed by atoms with Crippen molar-refractivity contribution in [1.29, 1.82) is 0 Å². The molecule has 5 nitrogen and oxygen atoms in total. The van der Waals surface area contributed by atoms with E-state index in [9.17, 15) is 9.90 Å². The Morgan fingerprint density at radius 1 is 1.52 bits per heavy atom. The normalized spacial score (nSPS) is 15.8. The van der Waals surface area contributed by atoms with E-state index in [4.69, 9.17) is 0 Å². The minimum atomic E-state index is -0.516. The lowest BCUT2D eigenvalue weighted by atomic mass is 10.1. The molecular weight excluding hydrogens is 286 g/mol. The van der Waals surface area contributed by atoms with Gasteiger partial charge in [0.1, 0.15) is 0 Å². The van der Waals surface area contributed by atoms with Gasteiger partial charge in [-0.25, -0.2) is 0 Å². The third kappa shape index (κ3) is 3.01. The molecule has 1 amide bonds. The topological polar surface area (TPSA) is 58.4 Å². The Hall–Kier alpha value is -1.66. The van der Waals surface area contributed by atoms with Crippen LogP contribution in [0.1, 0.15) is 36.4 Å². The minimum Gasteiger partial charge on any atom is -0.387 e. The highest BCUT2D eigenvalue weighted by atomic mass is 32.1. The van der Waals surface area contributed by atoms with Crippen molar-refractivity contribution in [2.45, 2.75) is 39.0 Å². The highest BCUT2D eigenvalue weighted by Gasteiger charge is 2.23. The molecule has 112 valence electrons. The molecule has 0 bridgehead atoms. The quantitative estimate of drug-likeness (QED) is 0.939. The first-order valence-corrected chi connectivity index (χ1v) is 8.15. The van der Waals surface area contributed by atoms with Crippen LogP contribution in [0.5, 0.6) is 0 Å². The van der Waals surface area contributed by atoms with Crippen molar-refractivity contribution < 1.29 is 9.90 Å². The zero-order valence-electron chi connectivity index (χ0n) is 12.0. The van der Waals surface area contributed by atoms with E-state index in [1.54, 1.807) is 11.3 Å². The van der Waals surface area contributed by atoms with E-state index in [-0.39, 0.29) is 5.91 Å². The number of nitrogens with zero attached hydrogens (tertiary/aromatic N) is 3. The summed E-state index contributed by atoms with van der Waals surface area (Å²) in [6.45, 7) is 3.88. The first-order valence-electron chi connectivity index (χ1n) is 7.21. The van der Waals surface area contributed by atoms with Gasteiger partial charge in [-0.3, -0.25) is 9.48 Å². The smallest absolute Gasteiger partial charge is 0.227 e. The van der Waals surface area contributed by atoms with Gasteiger partial charge in [-0.15, -0.1) is 0 Å². The van der Waals surface area contributed by atoms with Crippen molar-refractivity contribution in [1.82, 2.24) is 14.7 Å². The van der Waals surface area contributed by atoms with Crippen molar-refractivity contribution in [3.05, 3.63) is 39.8 Å². The monoisotopic (exact) mass is 305 g/mol. The maximum atomic E-state index is 12.3. The second kappa shape index (κ2) is 5.99. The number of carbonyl (C=O) groups excluding carboxylic acids is 1. The third-order valence-electron chi connectivity index (χ3n) is 3.83. The van der Waals surface area contributed by atoms with Crippen LogP contribution in [-0.2, 0) is 24.3 Å². The molecular formula is C15H19N3O2S. The number of aliphatic hydroxyl groups excluding tert-OH is 1. The molecule has 3 rings (SSSR count). The Labute approximate surface area is 127 Å². The van der Waals surface area contributed by atoms with Crippen LogP contribution in [0.15, 0.2) is 22.9 Å². The Bertz CT molecular complexity index is 621. The van der Waals surface area contributed by atoms with Crippen LogP contribution in [0.2, 0.25) is 0 Å². The molecule has 0 radical (unpaired) electrons. The zero-order valence-corrected chi connectivity index (χ0v) is 12.8. The summed E-state index contributed by atoms with van der Waals surface area (Å²) >= 11 is 1.61. The predicted octanol–water partition coefficient (Wildman–Crippen LogP) is 1.97. The SMILES string of the molecule is CCC(O)c1cc2n(n1)CCN(C(=O)Cc1ccsc1)C2. The molecule has 2 aromatic heterocycles. The summed E-state index contributed by atoms with van der Waals surface area (Å²) in [5.41, 5.74) is 2.79. The van der Waals surface area contributed by atoms with Gasteiger partial charge in [0.2, 0.25) is 5.91 Å². The number of hydrogen-bond donors (Lipinski definition) is 1. The lowest BCUT2D eigenvalue weighted by Crippen LogP contribution is -2.39. The number of aromatic nitrogens is 2. The Balaban J connectivity index is 1.69. The highest BCUT2D eigenvalue weighted by molar-refractivity contribution is 7.07. The summed E-state index contributed by atoms with van der Waals surface area (Å²) in [4.78, 5) is 14.2. The van der Waals surface area contributed by atoms with Gasteiger partial charge in [-0.2, -0.15) is 16.4 Å². The summed E-state index contributed by atoms with van der Waals surface area (Å²) in [7, 11) is 0. The average molecular weight is 305 g/mol. The van der Waals surface area contributed by atoms with Crippen LogP contribution < -0.4 is 0 Å². The number of carbonyl (C=O) groups is 1. The zero-order chi connectivity index (χ0) is 14.8. The molecule has 0 spiro atoms. The summed E-state index contributed by atoms with van der Waals surface area (Å²) in [5.74, 6) is 0.151. The summed E-state index contributed by atoms with van der Waals surface area (Å²) in [6, 6.07) is 3.91. The van der Waals surface area contributed by atoms with Gasteiger partial charge < -0.3 is 10.0 Å². The van der Waals surface area contributed by atoms with E-state index in [0.717, 1.165) is 11.3 Å². The van der Waals surface area contributed by atoms with Crippen LogP contribution in [0.4, 0.5) is 0 Å². The average Bonchev–Trinajstić information content (AvgIpc) is 3.14. The molecule has 1 atom stereocenters. The maximum Gasteiger partial charge on any atom is 0.227 e. The molecule has 21 heavy (non-hydrogen) atoms. The van der Waals surface area contributed by atoms with E-state index in [1.807, 2.05) is 39.4 Å². The van der Waals surface area contributed by atoms with E-state index < -0.39 is 6.10 Å². The fourth-order valence-electron chi connectivity index (χ4n) is 2.55. The van der Waals surface area contributed by atoms with Crippen LogP contribution in [-0.4, -0.2) is 32.2 Å². The van der Waals surface area contributed by atoms with Gasteiger partial charge in [0.05, 0.1) is 37.0 Å². The Kier molecular flexibility index (Phi) is 4.07. The molecule has 1 aliphatic heterocycles. The molecule has 0 fully saturated rings. The number of amides is 1. The maximum absolute atomic E-state index is 12.3. The van der Waals surface area contributed by atoms with Gasteiger partial charge in [0.15, 0.2) is 0 Å². The molecule has 0 saturated heterocycles. The summed E-state index contributed by atoms with van der Waals surface area (Å²) in [5, 5.41) is 18.3. The number of rotatable bonds is 4. The van der Waals surface area contributed by atoms with E-state index in [0.29, 0.717) is 38.2 Å². The molecule has 0 aromatic carbocycles. The predicted molar refractivity (Wildman–Crippen MR) is 80.9 cm³/mol. The van der Waals surface area contributed by atoms with E-state index in [1.165, 1.54) is 0 Å². The van der Waals surface area contributed by atoms with Crippen molar-refractivity contribution in [3.8, 4) is 0 Å². The van der Waals surface area contributed by atoms with Crippen LogP contribution in [0.25, 0.3) is 0 Å². The van der Waals surface area contributed by atoms with Crippen molar-refractivity contribution in [2.24, 2.45) is 0 Å². The van der Waals surface area contributed by atoms with Crippen LogP contribution in [0.3, 0.4) is 0 Å². The molecule has 2 aromatic rings. The molecule has 3 heterocycles. The molecule has 1 N–H and O–H groups in total. The fourth-order valence-corrected chi connectivity index (χ4v) is 3.22. The number of fused-ring (bicyclic) bond motifs is 1. The van der Waals surface area contributed by atoms with Gasteiger partial charge in [-0.05, 0) is 34.9 Å². The van der Waals surface area contributed by atoms with Gasteiger partial charge in [0.25, 0.3) is 0 Å². The van der Waals surface area contributed by atoms with Gasteiger partial charge in [0, 0.05) is 6.54 Å². The third-order valence-corrected chi connectivity index (χ3v) is 4.57. The van der Waals surface area contributed by atoms with E-state index in [2.05, 4.69) is 5.10 Å². The number of thiophene rings is 1. The summed E-state index contributed by atoms with van der Waals surface area (Å²) in [6.07, 6.45) is 0.595. The van der Waals surface area contributed by atoms with Crippen molar-refractivity contribution >= 4 is 17.2 Å². The Morgan fingerprint density at radius 3 is 3.10 bits per heavy atom. The van der Waals surface area contributed by atoms with Crippen molar-refractivity contribution in [3.63, 3.8) is 0 Å². The summed E-state index contributed by atoms with van der Waals surface area (Å²) < 4.78 is 1.91. The van der Waals surface area contributed by atoms with Gasteiger partial charge in [-0.1, -0.05) is 6.92 Å². The van der Waals surface area contributed by atoms with Gasteiger partial charge >= 0.3 is 0 Å². The fraction of sp³-hybridized carbons (Fsp3) is 0.467. The largest absolute Gasteiger partial charge is 0.387 e. The second-order valence-electron chi connectivity index (χ2n) is 5.33.